The SMILES string of the molecule is CC/C=C\C/C=C\C/C=C\C/C=C\CCCCCCCCCCCCC(=O)NC(CO)C(O)/C=C/CC/C=C/CC/C=C/CCCCCCCCCCCC. The van der Waals surface area contributed by atoms with Crippen LogP contribution in [0.25, 0.3) is 0 Å². The number of rotatable bonds is 41. The van der Waals surface area contributed by atoms with Gasteiger partial charge in [-0.25, -0.2) is 0 Å². The average Bonchev–Trinajstić information content (AvgIpc) is 3.19. The molecule has 0 aromatic carbocycles. The van der Waals surface area contributed by atoms with Crippen molar-refractivity contribution in [2.45, 2.75) is 225 Å². The van der Waals surface area contributed by atoms with Crippen LogP contribution in [0.3, 0.4) is 0 Å². The van der Waals surface area contributed by atoms with E-state index in [4.69, 9.17) is 0 Å². The third-order valence-corrected chi connectivity index (χ3v) is 10.1. The number of unbranched alkanes of at least 4 members (excludes halogenated alkanes) is 22. The van der Waals surface area contributed by atoms with Crippen LogP contribution >= 0.6 is 0 Å². The molecule has 0 aromatic heterocycles. The van der Waals surface area contributed by atoms with Gasteiger partial charge in [0.1, 0.15) is 0 Å². The predicted octanol–water partition coefficient (Wildman–Crippen LogP) is 14.9. The molecule has 0 saturated carbocycles. The predicted molar refractivity (Wildman–Crippen MR) is 243 cm³/mol. The number of aliphatic hydroxyl groups is 2. The van der Waals surface area contributed by atoms with Crippen LogP contribution in [0.15, 0.2) is 85.1 Å². The second-order valence-corrected chi connectivity index (χ2v) is 15.4. The molecule has 0 aliphatic heterocycles. The van der Waals surface area contributed by atoms with Crippen LogP contribution in [0.4, 0.5) is 0 Å². The zero-order valence-corrected chi connectivity index (χ0v) is 36.2. The Balaban J connectivity index is 3.66. The van der Waals surface area contributed by atoms with Crippen molar-refractivity contribution in [1.82, 2.24) is 5.32 Å². The molecule has 2 unspecified atom stereocenters. The van der Waals surface area contributed by atoms with E-state index in [1.54, 1.807) is 6.08 Å². The Kier molecular flexibility index (Phi) is 43.9. The maximum absolute atomic E-state index is 12.4. The van der Waals surface area contributed by atoms with Gasteiger partial charge in [0, 0.05) is 6.42 Å². The highest BCUT2D eigenvalue weighted by Crippen LogP contribution is 2.14. The molecule has 3 N–H and O–H groups in total. The van der Waals surface area contributed by atoms with Gasteiger partial charge in [0.05, 0.1) is 18.8 Å². The highest BCUT2D eigenvalue weighted by molar-refractivity contribution is 5.76. The lowest BCUT2D eigenvalue weighted by molar-refractivity contribution is -0.123. The van der Waals surface area contributed by atoms with E-state index in [1.165, 1.54) is 128 Å². The summed E-state index contributed by atoms with van der Waals surface area (Å²) < 4.78 is 0. The van der Waals surface area contributed by atoms with Crippen molar-refractivity contribution < 1.29 is 15.0 Å². The monoisotopic (exact) mass is 764 g/mol. The fourth-order valence-corrected chi connectivity index (χ4v) is 6.55. The largest absolute Gasteiger partial charge is 0.394 e. The van der Waals surface area contributed by atoms with E-state index in [2.05, 4.69) is 92.1 Å². The van der Waals surface area contributed by atoms with Crippen LogP contribution in [0.1, 0.15) is 213 Å². The molecule has 1 amide bonds. The average molecular weight is 764 g/mol. The van der Waals surface area contributed by atoms with Crippen LogP contribution in [-0.4, -0.2) is 34.9 Å². The molecule has 0 saturated heterocycles. The normalized spacial score (nSPS) is 13.7. The number of nitrogens with one attached hydrogen (secondary N) is 1. The van der Waals surface area contributed by atoms with Crippen LogP contribution in [-0.2, 0) is 4.79 Å². The van der Waals surface area contributed by atoms with Crippen LogP contribution < -0.4 is 5.32 Å². The molecule has 0 bridgehead atoms. The van der Waals surface area contributed by atoms with Gasteiger partial charge >= 0.3 is 0 Å². The lowest BCUT2D eigenvalue weighted by Crippen LogP contribution is -2.45. The number of aliphatic hydroxyl groups excluding tert-OH is 2. The quantitative estimate of drug-likeness (QED) is 0.0429. The molecule has 55 heavy (non-hydrogen) atoms. The molecular weight excluding hydrogens is 675 g/mol. The fraction of sp³-hybridized carbons (Fsp3) is 0.706. The van der Waals surface area contributed by atoms with Gasteiger partial charge in [-0.2, -0.15) is 0 Å². The second kappa shape index (κ2) is 46.0. The van der Waals surface area contributed by atoms with Crippen molar-refractivity contribution in [2.24, 2.45) is 0 Å². The number of carbonyl (C=O) groups is 1. The van der Waals surface area contributed by atoms with Crippen molar-refractivity contribution in [1.29, 1.82) is 0 Å². The number of amides is 1. The second-order valence-electron chi connectivity index (χ2n) is 15.4. The van der Waals surface area contributed by atoms with Crippen molar-refractivity contribution in [3.05, 3.63) is 85.1 Å². The third kappa shape index (κ3) is 42.6. The zero-order valence-electron chi connectivity index (χ0n) is 36.2. The minimum absolute atomic E-state index is 0.0859. The Morgan fingerprint density at radius 3 is 1.27 bits per heavy atom. The Morgan fingerprint density at radius 2 is 0.818 bits per heavy atom. The summed E-state index contributed by atoms with van der Waals surface area (Å²) in [7, 11) is 0. The highest BCUT2D eigenvalue weighted by atomic mass is 16.3. The topological polar surface area (TPSA) is 69.6 Å². The fourth-order valence-electron chi connectivity index (χ4n) is 6.55. The Morgan fingerprint density at radius 1 is 0.455 bits per heavy atom. The molecule has 4 heteroatoms. The Hall–Kier alpha value is -2.43. The van der Waals surface area contributed by atoms with E-state index in [9.17, 15) is 15.0 Å². The Bertz CT molecular complexity index is 1000. The van der Waals surface area contributed by atoms with E-state index in [0.717, 1.165) is 64.2 Å². The van der Waals surface area contributed by atoms with E-state index >= 15 is 0 Å². The van der Waals surface area contributed by atoms with E-state index in [-0.39, 0.29) is 12.5 Å². The number of hydrogen-bond acceptors (Lipinski definition) is 3. The van der Waals surface area contributed by atoms with Gasteiger partial charge in [-0.1, -0.05) is 208 Å². The lowest BCUT2D eigenvalue weighted by atomic mass is 10.0. The standard InChI is InChI=1S/C51H89NO3/c1-3-5-7-9-11-13-15-17-19-21-23-25-26-27-29-31-33-35-37-39-41-43-45-47-51(55)52-49(48-53)50(54)46-44-42-40-38-36-34-32-30-28-24-22-20-18-16-14-12-10-8-6-4-2/h5,7,11,13,17,19,23,25,28,30,36,38,44,46,49-50,53-54H,3-4,6,8-10,12,14-16,18,20-22,24,26-27,29,31-35,37,39-43,45,47-48H2,1-2H3,(H,52,55)/b7-5-,13-11-,19-17-,25-23-,30-28+,38-36+,46-44+. The van der Waals surface area contributed by atoms with Gasteiger partial charge in [0.2, 0.25) is 5.91 Å². The molecule has 0 heterocycles. The first-order valence-electron chi connectivity index (χ1n) is 23.3. The number of hydrogen-bond donors (Lipinski definition) is 3. The maximum Gasteiger partial charge on any atom is 0.220 e. The summed E-state index contributed by atoms with van der Waals surface area (Å²) in [5.41, 5.74) is 0. The van der Waals surface area contributed by atoms with Gasteiger partial charge in [0.25, 0.3) is 0 Å². The van der Waals surface area contributed by atoms with Crippen LogP contribution in [0.2, 0.25) is 0 Å². The van der Waals surface area contributed by atoms with Crippen molar-refractivity contribution in [3.63, 3.8) is 0 Å². The van der Waals surface area contributed by atoms with Gasteiger partial charge in [-0.15, -0.1) is 0 Å². The summed E-state index contributed by atoms with van der Waals surface area (Å²) in [4.78, 5) is 12.4. The summed E-state index contributed by atoms with van der Waals surface area (Å²) in [5, 5.41) is 23.0. The first-order chi connectivity index (χ1) is 27.2. The van der Waals surface area contributed by atoms with Gasteiger partial charge in [-0.3, -0.25) is 4.79 Å². The van der Waals surface area contributed by atoms with Gasteiger partial charge in [-0.05, 0) is 83.5 Å². The molecule has 0 spiro atoms. The minimum Gasteiger partial charge on any atom is -0.394 e. The molecule has 0 aliphatic rings. The van der Waals surface area contributed by atoms with Gasteiger partial charge in [0.15, 0.2) is 0 Å². The number of carbonyl (C=O) groups excluding carboxylic acids is 1. The van der Waals surface area contributed by atoms with Gasteiger partial charge < -0.3 is 15.5 Å². The lowest BCUT2D eigenvalue weighted by Gasteiger charge is -2.19. The molecule has 4 nitrogen and oxygen atoms in total. The highest BCUT2D eigenvalue weighted by Gasteiger charge is 2.17. The molecule has 2 atom stereocenters. The molecule has 316 valence electrons. The summed E-state index contributed by atoms with van der Waals surface area (Å²) >= 11 is 0. The van der Waals surface area contributed by atoms with Crippen molar-refractivity contribution >= 4 is 5.91 Å². The van der Waals surface area contributed by atoms with E-state index < -0.39 is 12.1 Å². The van der Waals surface area contributed by atoms with E-state index in [0.29, 0.717) is 6.42 Å². The first kappa shape index (κ1) is 52.6. The molecule has 0 aromatic rings. The van der Waals surface area contributed by atoms with Crippen LogP contribution in [0, 0.1) is 0 Å². The van der Waals surface area contributed by atoms with E-state index in [1.807, 2.05) is 6.08 Å². The molecule has 0 radical (unpaired) electrons. The van der Waals surface area contributed by atoms with Crippen LogP contribution in [0.5, 0.6) is 0 Å². The molecule has 0 aliphatic carbocycles. The third-order valence-electron chi connectivity index (χ3n) is 10.1. The maximum atomic E-state index is 12.4. The number of allylic oxidation sites excluding steroid dienone is 13. The summed E-state index contributed by atoms with van der Waals surface area (Å²) in [6, 6.07) is -0.652. The molecular formula is C51H89NO3. The zero-order chi connectivity index (χ0) is 40.0. The summed E-state index contributed by atoms with van der Waals surface area (Å²) in [6.45, 7) is 4.17. The minimum atomic E-state index is -0.877. The van der Waals surface area contributed by atoms with Crippen molar-refractivity contribution in [3.8, 4) is 0 Å². The first-order valence-corrected chi connectivity index (χ1v) is 23.3. The summed E-state index contributed by atoms with van der Waals surface area (Å²) in [5.74, 6) is -0.0859. The summed E-state index contributed by atoms with van der Waals surface area (Å²) in [6.07, 6.45) is 67.0. The molecule has 0 fully saturated rings. The Labute approximate surface area is 341 Å². The molecule has 0 rings (SSSR count). The van der Waals surface area contributed by atoms with Crippen molar-refractivity contribution in [2.75, 3.05) is 6.61 Å². The smallest absolute Gasteiger partial charge is 0.220 e.